The van der Waals surface area contributed by atoms with E-state index in [0.717, 1.165) is 0 Å². The fourth-order valence-electron chi connectivity index (χ4n) is 9.66. The lowest BCUT2D eigenvalue weighted by atomic mass is 9.72. The number of carbonyl (C=O) groups is 3. The summed E-state index contributed by atoms with van der Waals surface area (Å²) in [5.41, 5.74) is 0. The predicted octanol–water partition coefficient (Wildman–Crippen LogP) is -4.37. The van der Waals surface area contributed by atoms with Crippen molar-refractivity contribution in [3.63, 3.8) is 0 Å². The van der Waals surface area contributed by atoms with Gasteiger partial charge in [-0.15, -0.1) is 0 Å². The molecule has 22 heteroatoms. The first kappa shape index (κ1) is 49.0. The minimum atomic E-state index is -1.85. The summed E-state index contributed by atoms with van der Waals surface area (Å²) in [6, 6.07) is 0. The third kappa shape index (κ3) is 11.8. The summed E-state index contributed by atoms with van der Waals surface area (Å²) < 4.78 is 44.9. The van der Waals surface area contributed by atoms with Crippen molar-refractivity contribution in [2.24, 2.45) is 17.8 Å². The first-order valence-corrected chi connectivity index (χ1v) is 21.3. The lowest BCUT2D eigenvalue weighted by Gasteiger charge is -2.50. The number of ether oxygens (including phenoxy) is 8. The summed E-state index contributed by atoms with van der Waals surface area (Å²) in [4.78, 5) is 35.5. The number of fused-ring (bicyclic) bond motifs is 1. The van der Waals surface area contributed by atoms with Gasteiger partial charge in [-0.3, -0.25) is 9.59 Å². The number of allylic oxidation sites excluding steroid dienone is 1. The number of carbonyl (C=O) groups excluding carboxylic acids is 2. The number of methoxy groups -OCH3 is 1. The molecule has 12 N–H and O–H groups in total. The Labute approximate surface area is 356 Å². The van der Waals surface area contributed by atoms with E-state index in [0.29, 0.717) is 25.7 Å². The Hall–Kier alpha value is -2.49. The van der Waals surface area contributed by atoms with Crippen molar-refractivity contribution in [1.82, 2.24) is 0 Å². The fourth-order valence-corrected chi connectivity index (χ4v) is 9.66. The molecule has 3 aliphatic heterocycles. The molecule has 6 aliphatic rings. The first-order valence-electron chi connectivity index (χ1n) is 21.3. The van der Waals surface area contributed by atoms with Crippen molar-refractivity contribution >= 4 is 17.9 Å². The number of hydrogen-bond donors (Lipinski definition) is 11. The van der Waals surface area contributed by atoms with Crippen LogP contribution in [0.3, 0.4) is 0 Å². The van der Waals surface area contributed by atoms with E-state index in [2.05, 4.69) is 0 Å². The van der Waals surface area contributed by atoms with Crippen LogP contribution in [0, 0.1) is 17.8 Å². The molecule has 0 bridgehead atoms. The molecule has 0 aromatic carbocycles. The Morgan fingerprint density at radius 1 is 0.645 bits per heavy atom. The van der Waals surface area contributed by atoms with Crippen LogP contribution in [0.4, 0.5) is 0 Å². The summed E-state index contributed by atoms with van der Waals surface area (Å²) in [5, 5.41) is 116. The van der Waals surface area contributed by atoms with Crippen LogP contribution in [0.1, 0.15) is 64.2 Å². The highest BCUT2D eigenvalue weighted by atomic mass is 16.7. The Morgan fingerprint density at radius 2 is 1.26 bits per heavy atom. The van der Waals surface area contributed by atoms with E-state index >= 15 is 0 Å². The summed E-state index contributed by atoms with van der Waals surface area (Å²) in [6.45, 7) is -1.22. The molecule has 22 atom stereocenters. The molecule has 62 heavy (non-hydrogen) atoms. The number of esters is 2. The third-order valence-corrected chi connectivity index (χ3v) is 13.2. The minimum absolute atomic E-state index is 0.0170. The van der Waals surface area contributed by atoms with Crippen LogP contribution in [-0.4, -0.2) is 215 Å². The lowest BCUT2D eigenvalue weighted by molar-refractivity contribution is -0.367. The average molecular weight is 896 g/mol. The number of aliphatic hydroxyl groups excluding tert-OH is 10. The fraction of sp³-hybridized carbons (Fsp3) is 0.875. The smallest absolute Gasteiger partial charge is 0.330 e. The van der Waals surface area contributed by atoms with E-state index in [4.69, 9.17) is 43.0 Å². The molecule has 3 saturated heterocycles. The SMILES string of the molecule is COC1CC(C=CC(=O)OC[C@H]2O[C@@H](OC3CC4C(O[C@@H]5O[C@H](COC(=O)CC(=O)O)[C@@H](O)[C@H](O)[C@H]5O)CC(O)CC4[OH+]C3C3CCC(O)C(O)C3)[C@H](O)[C@@H](O)[C@@H]2O)CCC1O. The monoisotopic (exact) mass is 895 g/mol. The molecule has 6 rings (SSSR count). The lowest BCUT2D eigenvalue weighted by Crippen LogP contribution is -2.64. The molecule has 3 heterocycles. The van der Waals surface area contributed by atoms with Gasteiger partial charge in [0.15, 0.2) is 24.8 Å². The summed E-state index contributed by atoms with van der Waals surface area (Å²) >= 11 is 0. The van der Waals surface area contributed by atoms with Gasteiger partial charge in [-0.1, -0.05) is 6.08 Å². The summed E-state index contributed by atoms with van der Waals surface area (Å²) in [5.74, 6) is -4.38. The quantitative estimate of drug-likeness (QED) is 0.0340. The van der Waals surface area contributed by atoms with Crippen molar-refractivity contribution in [3.8, 4) is 0 Å². The van der Waals surface area contributed by atoms with Gasteiger partial charge in [0.25, 0.3) is 0 Å². The summed E-state index contributed by atoms with van der Waals surface area (Å²) in [6.07, 6.45) is -19.5. The maximum absolute atomic E-state index is 12.7. The molecule has 22 nitrogen and oxygen atoms in total. The Bertz CT molecular complexity index is 1520. The second-order valence-corrected chi connectivity index (χ2v) is 17.5. The Kier molecular flexibility index (Phi) is 17.1. The Morgan fingerprint density at radius 3 is 1.87 bits per heavy atom. The van der Waals surface area contributed by atoms with E-state index in [1.54, 1.807) is 6.08 Å². The zero-order chi connectivity index (χ0) is 45.0. The van der Waals surface area contributed by atoms with Gasteiger partial charge in [-0.05, 0) is 50.9 Å². The molecule has 0 amide bonds. The maximum Gasteiger partial charge on any atom is 0.330 e. The summed E-state index contributed by atoms with van der Waals surface area (Å²) in [7, 11) is 1.50. The van der Waals surface area contributed by atoms with Gasteiger partial charge >= 0.3 is 17.9 Å². The molecule has 0 aromatic rings. The number of carboxylic acids is 1. The van der Waals surface area contributed by atoms with Gasteiger partial charge in [0, 0.05) is 31.9 Å². The zero-order valence-corrected chi connectivity index (χ0v) is 34.3. The molecule has 12 unspecified atom stereocenters. The molecular weight excluding hydrogens is 832 g/mol. The topological polar surface area (TPSA) is 351 Å². The van der Waals surface area contributed by atoms with Gasteiger partial charge in [0.05, 0.1) is 42.5 Å². The van der Waals surface area contributed by atoms with Crippen molar-refractivity contribution in [1.29, 1.82) is 0 Å². The molecule has 354 valence electrons. The van der Waals surface area contributed by atoms with Gasteiger partial charge in [0.2, 0.25) is 0 Å². The maximum atomic E-state index is 12.7. The van der Waals surface area contributed by atoms with Crippen LogP contribution >= 0.6 is 0 Å². The van der Waals surface area contributed by atoms with E-state index in [1.165, 1.54) is 13.2 Å². The first-order chi connectivity index (χ1) is 29.4. The highest BCUT2D eigenvalue weighted by Crippen LogP contribution is 2.44. The van der Waals surface area contributed by atoms with Gasteiger partial charge < -0.3 is 94.1 Å². The molecule has 3 saturated carbocycles. The van der Waals surface area contributed by atoms with Gasteiger partial charge in [-0.2, -0.15) is 0 Å². The number of hydrogen-bond acceptors (Lipinski definition) is 20. The Balaban J connectivity index is 1.15. The number of aliphatic carboxylic acids is 1. The van der Waals surface area contributed by atoms with Gasteiger partial charge in [-0.25, -0.2) is 4.79 Å². The van der Waals surface area contributed by atoms with Crippen molar-refractivity contribution in [2.45, 2.75) is 181 Å². The highest BCUT2D eigenvalue weighted by Gasteiger charge is 2.57. The molecule has 0 radical (unpaired) electrons. The van der Waals surface area contributed by atoms with Crippen LogP contribution in [0.5, 0.6) is 0 Å². The number of rotatable bonds is 14. The standard InChI is InChI=1S/C40H62O22/c1-55-25-8-16(2-5-21(25)43)3-7-30(47)56-14-27-32(49)35(52)37(54)40(62-27)60-26-12-19-23(58-38(26)17-4-6-20(42)22(44)9-17)10-18(41)11-24(19)59-39-36(53)34(51)33(50)28(61-39)15-57-31(48)13-29(45)46/h3,7,16-28,32-44,49-54H,2,4-6,8-15H2,1H3,(H,45,46)/p+1/t16?,17?,18?,19?,20?,21?,22?,23?,24?,25?,26?,27-,28-,32-,33-,34+,35+,36-,37-,38?,39-,40-/m1/s1. The minimum Gasteiger partial charge on any atom is -0.481 e. The third-order valence-electron chi connectivity index (χ3n) is 13.2. The zero-order valence-electron chi connectivity index (χ0n) is 34.3. The largest absolute Gasteiger partial charge is 0.481 e. The molecule has 6 fully saturated rings. The van der Waals surface area contributed by atoms with Crippen LogP contribution in [0.15, 0.2) is 12.2 Å². The van der Waals surface area contributed by atoms with Crippen molar-refractivity contribution < 1.29 is 108 Å². The van der Waals surface area contributed by atoms with E-state index in [1.807, 2.05) is 0 Å². The van der Waals surface area contributed by atoms with E-state index in [-0.39, 0.29) is 50.0 Å². The second kappa shape index (κ2) is 21.7. The highest BCUT2D eigenvalue weighted by molar-refractivity contribution is 5.90. The number of aliphatic hydroxyl groups is 12. The molecular formula is C40H63O22+. The van der Waals surface area contributed by atoms with E-state index < -0.39 is 154 Å². The van der Waals surface area contributed by atoms with Crippen LogP contribution in [0.2, 0.25) is 0 Å². The predicted molar refractivity (Wildman–Crippen MR) is 203 cm³/mol. The van der Waals surface area contributed by atoms with Gasteiger partial charge in [0.1, 0.15) is 74.6 Å². The molecule has 0 aromatic heterocycles. The molecule has 0 spiro atoms. The average Bonchev–Trinajstić information content (AvgIpc) is 3.23. The van der Waals surface area contributed by atoms with Crippen LogP contribution in [0.25, 0.3) is 0 Å². The van der Waals surface area contributed by atoms with Crippen LogP contribution < -0.4 is 0 Å². The van der Waals surface area contributed by atoms with Crippen LogP contribution in [-0.2, 0) is 47.5 Å². The number of carboxylic acid groups (broad SMARTS) is 1. The van der Waals surface area contributed by atoms with Crippen molar-refractivity contribution in [3.05, 3.63) is 12.2 Å². The molecule has 3 aliphatic carbocycles. The van der Waals surface area contributed by atoms with Crippen molar-refractivity contribution in [2.75, 3.05) is 20.3 Å². The normalized spacial score (nSPS) is 46.4. The van der Waals surface area contributed by atoms with E-state index in [9.17, 15) is 65.4 Å². The second-order valence-electron chi connectivity index (χ2n) is 17.5.